The molecule has 0 saturated carbocycles. The predicted molar refractivity (Wildman–Crippen MR) is 111 cm³/mol. The highest BCUT2D eigenvalue weighted by Crippen LogP contribution is 2.23. The van der Waals surface area contributed by atoms with Crippen LogP contribution in [-0.2, 0) is 20.6 Å². The van der Waals surface area contributed by atoms with Gasteiger partial charge < -0.3 is 5.32 Å². The van der Waals surface area contributed by atoms with Gasteiger partial charge >= 0.3 is 0 Å². The lowest BCUT2D eigenvalue weighted by molar-refractivity contribution is -0.126. The van der Waals surface area contributed by atoms with Gasteiger partial charge in [-0.2, -0.15) is 0 Å². The molecule has 156 valence electrons. The Morgan fingerprint density at radius 2 is 1.86 bits per heavy atom. The number of hydrogen-bond acceptors (Lipinski definition) is 3. The van der Waals surface area contributed by atoms with Crippen LogP contribution in [0.2, 0.25) is 5.02 Å². The van der Waals surface area contributed by atoms with Crippen molar-refractivity contribution in [2.24, 2.45) is 5.92 Å². The maximum absolute atomic E-state index is 13.1. The first-order valence-corrected chi connectivity index (χ1v) is 11.5. The molecule has 29 heavy (non-hydrogen) atoms. The number of sulfonamides is 1. The van der Waals surface area contributed by atoms with Crippen LogP contribution < -0.4 is 5.32 Å². The third-order valence-corrected chi connectivity index (χ3v) is 7.21. The second-order valence-corrected chi connectivity index (χ2v) is 9.77. The Morgan fingerprint density at radius 1 is 1.21 bits per heavy atom. The van der Waals surface area contributed by atoms with Crippen molar-refractivity contribution in [1.29, 1.82) is 0 Å². The van der Waals surface area contributed by atoms with Crippen LogP contribution in [0.3, 0.4) is 0 Å². The van der Waals surface area contributed by atoms with Gasteiger partial charge in [0.2, 0.25) is 15.9 Å². The first-order chi connectivity index (χ1) is 13.7. The molecule has 1 aliphatic rings. The molecular weight excluding hydrogens is 415 g/mol. The minimum atomic E-state index is -3.53. The van der Waals surface area contributed by atoms with E-state index in [4.69, 9.17) is 11.6 Å². The normalized spacial score (nSPS) is 18.9. The second kappa shape index (κ2) is 9.24. The van der Waals surface area contributed by atoms with Gasteiger partial charge in [-0.25, -0.2) is 17.1 Å². The Balaban J connectivity index is 1.62. The third kappa shape index (κ3) is 5.78. The maximum Gasteiger partial charge on any atom is 0.224 e. The number of amides is 1. The van der Waals surface area contributed by atoms with Crippen molar-refractivity contribution in [3.63, 3.8) is 0 Å². The molecule has 1 amide bonds. The first-order valence-electron chi connectivity index (χ1n) is 9.53. The number of rotatable bonds is 6. The summed E-state index contributed by atoms with van der Waals surface area (Å²) in [6, 6.07) is 12.4. The van der Waals surface area contributed by atoms with E-state index in [1.54, 1.807) is 36.4 Å². The molecular formula is C21H24ClFN2O3S. The predicted octanol–water partition coefficient (Wildman–Crippen LogP) is 3.90. The van der Waals surface area contributed by atoms with Gasteiger partial charge in [-0.15, -0.1) is 0 Å². The topological polar surface area (TPSA) is 66.5 Å². The Morgan fingerprint density at radius 3 is 2.52 bits per heavy atom. The van der Waals surface area contributed by atoms with Gasteiger partial charge in [-0.05, 0) is 55.2 Å². The lowest BCUT2D eigenvalue weighted by Crippen LogP contribution is -2.46. The lowest BCUT2D eigenvalue weighted by Gasteiger charge is -2.32. The van der Waals surface area contributed by atoms with Gasteiger partial charge in [-0.1, -0.05) is 35.9 Å². The molecule has 1 aliphatic heterocycles. The molecule has 0 aliphatic carbocycles. The van der Waals surface area contributed by atoms with Gasteiger partial charge in [-0.3, -0.25) is 4.79 Å². The molecule has 0 radical (unpaired) electrons. The molecule has 0 aromatic heterocycles. The number of carbonyl (C=O) groups excluding carboxylic acids is 1. The van der Waals surface area contributed by atoms with E-state index in [1.165, 1.54) is 16.4 Å². The summed E-state index contributed by atoms with van der Waals surface area (Å²) in [5, 5.41) is 3.47. The Kier molecular flexibility index (Phi) is 6.93. The highest BCUT2D eigenvalue weighted by atomic mass is 35.5. The summed E-state index contributed by atoms with van der Waals surface area (Å²) in [5.74, 6) is -1.05. The molecule has 2 aromatic carbocycles. The molecule has 1 fully saturated rings. The summed E-state index contributed by atoms with van der Waals surface area (Å²) in [7, 11) is -3.53. The van der Waals surface area contributed by atoms with E-state index in [-0.39, 0.29) is 30.1 Å². The standard InChI is InChI=1S/C21H24ClFN2O3S/c1-15(17-6-10-20(23)11-7-17)24-21(26)18-3-2-12-25(13-18)29(27,28)14-16-4-8-19(22)9-5-16/h4-11,15,18H,2-3,12-14H2,1H3,(H,24,26)/t15-,18+/m1/s1. The molecule has 2 aromatic rings. The first kappa shape index (κ1) is 21.7. The van der Waals surface area contributed by atoms with Gasteiger partial charge in [0, 0.05) is 18.1 Å². The number of nitrogens with zero attached hydrogens (tertiary/aromatic N) is 1. The zero-order valence-corrected chi connectivity index (χ0v) is 17.7. The maximum atomic E-state index is 13.1. The minimum absolute atomic E-state index is 0.121. The quantitative estimate of drug-likeness (QED) is 0.743. The van der Waals surface area contributed by atoms with Crippen molar-refractivity contribution in [1.82, 2.24) is 9.62 Å². The summed E-state index contributed by atoms with van der Waals surface area (Å²) in [6.07, 6.45) is 1.26. The minimum Gasteiger partial charge on any atom is -0.349 e. The molecule has 0 unspecified atom stereocenters. The van der Waals surface area contributed by atoms with E-state index < -0.39 is 15.9 Å². The average Bonchev–Trinajstić information content (AvgIpc) is 2.70. The SMILES string of the molecule is C[C@@H](NC(=O)[C@H]1CCCN(S(=O)(=O)Cc2ccc(Cl)cc2)C1)c1ccc(F)cc1. The van der Waals surface area contributed by atoms with Crippen molar-refractivity contribution >= 4 is 27.5 Å². The summed E-state index contributed by atoms with van der Waals surface area (Å²) in [6.45, 7) is 2.40. The average molecular weight is 439 g/mol. The Hall–Kier alpha value is -1.96. The van der Waals surface area contributed by atoms with Gasteiger partial charge in [0.1, 0.15) is 5.82 Å². The van der Waals surface area contributed by atoms with Crippen LogP contribution in [0, 0.1) is 11.7 Å². The molecule has 8 heteroatoms. The highest BCUT2D eigenvalue weighted by Gasteiger charge is 2.32. The van der Waals surface area contributed by atoms with Gasteiger partial charge in [0.25, 0.3) is 0 Å². The van der Waals surface area contributed by atoms with E-state index in [9.17, 15) is 17.6 Å². The largest absolute Gasteiger partial charge is 0.349 e. The molecule has 1 heterocycles. The molecule has 5 nitrogen and oxygen atoms in total. The van der Waals surface area contributed by atoms with E-state index >= 15 is 0 Å². The van der Waals surface area contributed by atoms with Crippen LogP contribution in [-0.4, -0.2) is 31.7 Å². The van der Waals surface area contributed by atoms with Crippen LogP contribution in [0.5, 0.6) is 0 Å². The van der Waals surface area contributed by atoms with Crippen molar-refractivity contribution in [3.05, 3.63) is 70.5 Å². The third-order valence-electron chi connectivity index (χ3n) is 5.14. The molecule has 0 spiro atoms. The van der Waals surface area contributed by atoms with Crippen molar-refractivity contribution in [2.45, 2.75) is 31.6 Å². The molecule has 2 atom stereocenters. The smallest absolute Gasteiger partial charge is 0.224 e. The fraction of sp³-hybridized carbons (Fsp3) is 0.381. The second-order valence-electron chi connectivity index (χ2n) is 7.36. The molecule has 0 bridgehead atoms. The summed E-state index contributed by atoms with van der Waals surface area (Å²) in [4.78, 5) is 12.7. The van der Waals surface area contributed by atoms with E-state index in [1.807, 2.05) is 6.92 Å². The van der Waals surface area contributed by atoms with E-state index in [0.717, 1.165) is 5.56 Å². The summed E-state index contributed by atoms with van der Waals surface area (Å²) in [5.41, 5.74) is 1.45. The van der Waals surface area contributed by atoms with Crippen LogP contribution in [0.4, 0.5) is 4.39 Å². The van der Waals surface area contributed by atoms with Gasteiger partial charge in [0.05, 0.1) is 17.7 Å². The fourth-order valence-electron chi connectivity index (χ4n) is 3.46. The number of carbonyl (C=O) groups is 1. The summed E-state index contributed by atoms with van der Waals surface area (Å²) >= 11 is 5.86. The number of hydrogen-bond donors (Lipinski definition) is 1. The Labute approximate surface area is 175 Å². The van der Waals surface area contributed by atoms with E-state index in [0.29, 0.717) is 30.0 Å². The van der Waals surface area contributed by atoms with Gasteiger partial charge in [0.15, 0.2) is 0 Å². The fourth-order valence-corrected chi connectivity index (χ4v) is 5.19. The molecule has 3 rings (SSSR count). The van der Waals surface area contributed by atoms with Crippen LogP contribution in [0.15, 0.2) is 48.5 Å². The highest BCUT2D eigenvalue weighted by molar-refractivity contribution is 7.88. The molecule has 1 saturated heterocycles. The zero-order valence-electron chi connectivity index (χ0n) is 16.1. The summed E-state index contributed by atoms with van der Waals surface area (Å²) < 4.78 is 40.1. The zero-order chi connectivity index (χ0) is 21.0. The number of nitrogens with one attached hydrogen (secondary N) is 1. The number of benzene rings is 2. The number of piperidine rings is 1. The lowest BCUT2D eigenvalue weighted by atomic mass is 9.98. The van der Waals surface area contributed by atoms with E-state index in [2.05, 4.69) is 5.32 Å². The molecule has 1 N–H and O–H groups in total. The number of halogens is 2. The van der Waals surface area contributed by atoms with Crippen molar-refractivity contribution in [3.8, 4) is 0 Å². The van der Waals surface area contributed by atoms with Crippen LogP contribution in [0.25, 0.3) is 0 Å². The van der Waals surface area contributed by atoms with Crippen molar-refractivity contribution < 1.29 is 17.6 Å². The van der Waals surface area contributed by atoms with Crippen LogP contribution >= 0.6 is 11.6 Å². The monoisotopic (exact) mass is 438 g/mol. The van der Waals surface area contributed by atoms with Crippen molar-refractivity contribution in [2.75, 3.05) is 13.1 Å². The Bertz CT molecular complexity index is 949. The van der Waals surface area contributed by atoms with Crippen LogP contribution in [0.1, 0.15) is 36.9 Å².